The summed E-state index contributed by atoms with van der Waals surface area (Å²) < 4.78 is 5.14. The Balaban J connectivity index is 1.46. The van der Waals surface area contributed by atoms with Crippen molar-refractivity contribution >= 4 is 29.1 Å². The van der Waals surface area contributed by atoms with E-state index in [1.165, 1.54) is 6.26 Å². The number of benzene rings is 2. The van der Waals surface area contributed by atoms with Crippen LogP contribution >= 0.6 is 0 Å². The van der Waals surface area contributed by atoms with Crippen LogP contribution in [0.4, 0.5) is 11.4 Å². The summed E-state index contributed by atoms with van der Waals surface area (Å²) in [5.74, 6) is -0.538. The molecule has 3 aromatic rings. The van der Waals surface area contributed by atoms with Crippen LogP contribution in [0.25, 0.3) is 0 Å². The molecule has 0 spiro atoms. The highest BCUT2D eigenvalue weighted by Gasteiger charge is 2.24. The SMILES string of the molecule is O=C(N[C@@H](Cc1ccccc1)C(=O)Nc1ccc(N2CCCC2=O)cc1)c1ccco1. The van der Waals surface area contributed by atoms with Crippen molar-refractivity contribution in [3.05, 3.63) is 84.3 Å². The number of hydrogen-bond acceptors (Lipinski definition) is 4. The Morgan fingerprint density at radius 3 is 2.42 bits per heavy atom. The molecule has 1 saturated heterocycles. The summed E-state index contributed by atoms with van der Waals surface area (Å²) in [5, 5.41) is 5.61. The van der Waals surface area contributed by atoms with E-state index in [2.05, 4.69) is 10.6 Å². The van der Waals surface area contributed by atoms with Crippen molar-refractivity contribution in [2.45, 2.75) is 25.3 Å². The molecule has 7 nitrogen and oxygen atoms in total. The number of hydrogen-bond donors (Lipinski definition) is 2. The third kappa shape index (κ3) is 5.01. The lowest BCUT2D eigenvalue weighted by Crippen LogP contribution is -2.45. The zero-order valence-electron chi connectivity index (χ0n) is 16.9. The largest absolute Gasteiger partial charge is 0.459 e. The van der Waals surface area contributed by atoms with E-state index in [0.717, 1.165) is 17.7 Å². The Hall–Kier alpha value is -3.87. The first-order valence-electron chi connectivity index (χ1n) is 10.2. The van der Waals surface area contributed by atoms with E-state index < -0.39 is 11.9 Å². The molecule has 2 heterocycles. The molecule has 1 fully saturated rings. The maximum Gasteiger partial charge on any atom is 0.287 e. The van der Waals surface area contributed by atoms with Crippen molar-refractivity contribution in [1.82, 2.24) is 5.32 Å². The number of carbonyl (C=O) groups excluding carboxylic acids is 3. The van der Waals surface area contributed by atoms with Gasteiger partial charge in [0, 0.05) is 30.8 Å². The molecule has 1 aromatic heterocycles. The predicted octanol–water partition coefficient (Wildman–Crippen LogP) is 3.39. The molecule has 2 aromatic carbocycles. The number of amides is 3. The van der Waals surface area contributed by atoms with Crippen LogP contribution in [0.5, 0.6) is 0 Å². The zero-order valence-corrected chi connectivity index (χ0v) is 16.9. The van der Waals surface area contributed by atoms with E-state index in [1.54, 1.807) is 29.2 Å². The molecule has 0 aliphatic carbocycles. The molecule has 1 atom stereocenters. The highest BCUT2D eigenvalue weighted by molar-refractivity contribution is 6.00. The second-order valence-electron chi connectivity index (χ2n) is 7.38. The molecule has 2 N–H and O–H groups in total. The normalized spacial score (nSPS) is 14.3. The molecule has 0 saturated carbocycles. The number of furan rings is 1. The minimum atomic E-state index is -0.792. The van der Waals surface area contributed by atoms with Gasteiger partial charge < -0.3 is 20.0 Å². The Morgan fingerprint density at radius 2 is 1.77 bits per heavy atom. The van der Waals surface area contributed by atoms with Gasteiger partial charge in [0.1, 0.15) is 6.04 Å². The molecule has 1 aliphatic rings. The first kappa shape index (κ1) is 20.4. The van der Waals surface area contributed by atoms with Gasteiger partial charge in [-0.05, 0) is 48.4 Å². The topological polar surface area (TPSA) is 91.7 Å². The van der Waals surface area contributed by atoms with Crippen molar-refractivity contribution in [1.29, 1.82) is 0 Å². The van der Waals surface area contributed by atoms with Gasteiger partial charge in [-0.2, -0.15) is 0 Å². The summed E-state index contributed by atoms with van der Waals surface area (Å²) in [6.45, 7) is 0.711. The fourth-order valence-electron chi connectivity index (χ4n) is 3.57. The van der Waals surface area contributed by atoms with Gasteiger partial charge in [0.05, 0.1) is 6.26 Å². The minimum Gasteiger partial charge on any atom is -0.459 e. The van der Waals surface area contributed by atoms with Gasteiger partial charge in [-0.3, -0.25) is 14.4 Å². The summed E-state index contributed by atoms with van der Waals surface area (Å²) in [4.78, 5) is 39.1. The van der Waals surface area contributed by atoms with Crippen LogP contribution < -0.4 is 15.5 Å². The van der Waals surface area contributed by atoms with Crippen LogP contribution in [0.3, 0.4) is 0 Å². The molecule has 7 heteroatoms. The Kier molecular flexibility index (Phi) is 6.12. The molecular formula is C24H23N3O4. The Labute approximate surface area is 180 Å². The predicted molar refractivity (Wildman–Crippen MR) is 117 cm³/mol. The standard InChI is InChI=1S/C24H23N3O4/c28-22-9-4-14-27(22)19-12-10-18(11-13-19)25-23(29)20(16-17-6-2-1-3-7-17)26-24(30)21-8-5-15-31-21/h1-3,5-8,10-13,15,20H,4,9,14,16H2,(H,25,29)(H,26,30)/t20-/m0/s1. The molecular weight excluding hydrogens is 394 g/mol. The molecule has 1 aliphatic heterocycles. The van der Waals surface area contributed by atoms with E-state index in [4.69, 9.17) is 4.42 Å². The smallest absolute Gasteiger partial charge is 0.287 e. The Bertz CT molecular complexity index is 1050. The van der Waals surface area contributed by atoms with Gasteiger partial charge in [0.15, 0.2) is 5.76 Å². The van der Waals surface area contributed by atoms with E-state index in [1.807, 2.05) is 42.5 Å². The zero-order chi connectivity index (χ0) is 21.6. The van der Waals surface area contributed by atoms with E-state index in [-0.39, 0.29) is 17.6 Å². The van der Waals surface area contributed by atoms with Crippen LogP contribution in [0.15, 0.2) is 77.4 Å². The van der Waals surface area contributed by atoms with Crippen LogP contribution in [0.2, 0.25) is 0 Å². The number of anilines is 2. The average Bonchev–Trinajstić information content (AvgIpc) is 3.47. The monoisotopic (exact) mass is 417 g/mol. The maximum atomic E-state index is 13.0. The second-order valence-corrected chi connectivity index (χ2v) is 7.38. The lowest BCUT2D eigenvalue weighted by atomic mass is 10.0. The first-order chi connectivity index (χ1) is 15.1. The molecule has 0 unspecified atom stereocenters. The van der Waals surface area contributed by atoms with Crippen molar-refractivity contribution in [2.24, 2.45) is 0 Å². The molecule has 0 radical (unpaired) electrons. The Morgan fingerprint density at radius 1 is 1.00 bits per heavy atom. The van der Waals surface area contributed by atoms with Crippen molar-refractivity contribution < 1.29 is 18.8 Å². The van der Waals surface area contributed by atoms with Crippen LogP contribution in [-0.4, -0.2) is 30.3 Å². The van der Waals surface area contributed by atoms with Crippen molar-refractivity contribution in [3.63, 3.8) is 0 Å². The number of nitrogens with zero attached hydrogens (tertiary/aromatic N) is 1. The van der Waals surface area contributed by atoms with Gasteiger partial charge in [0.2, 0.25) is 11.8 Å². The van der Waals surface area contributed by atoms with Crippen LogP contribution in [-0.2, 0) is 16.0 Å². The van der Waals surface area contributed by atoms with Gasteiger partial charge in [-0.25, -0.2) is 0 Å². The van der Waals surface area contributed by atoms with Crippen molar-refractivity contribution in [2.75, 3.05) is 16.8 Å². The molecule has 3 amide bonds. The average molecular weight is 417 g/mol. The lowest BCUT2D eigenvalue weighted by molar-refractivity contribution is -0.118. The van der Waals surface area contributed by atoms with Crippen LogP contribution in [0.1, 0.15) is 29.0 Å². The minimum absolute atomic E-state index is 0.111. The highest BCUT2D eigenvalue weighted by Crippen LogP contribution is 2.23. The number of nitrogens with one attached hydrogen (secondary N) is 2. The van der Waals surface area contributed by atoms with E-state index >= 15 is 0 Å². The second kappa shape index (κ2) is 9.30. The number of rotatable bonds is 7. The highest BCUT2D eigenvalue weighted by atomic mass is 16.3. The molecule has 158 valence electrons. The van der Waals surface area contributed by atoms with Gasteiger partial charge in [-0.1, -0.05) is 30.3 Å². The van der Waals surface area contributed by atoms with E-state index in [9.17, 15) is 14.4 Å². The summed E-state index contributed by atoms with van der Waals surface area (Å²) in [5.41, 5.74) is 2.32. The fraction of sp³-hybridized carbons (Fsp3) is 0.208. The summed E-state index contributed by atoms with van der Waals surface area (Å²) in [7, 11) is 0. The fourth-order valence-corrected chi connectivity index (χ4v) is 3.57. The van der Waals surface area contributed by atoms with Gasteiger partial charge >= 0.3 is 0 Å². The number of carbonyl (C=O) groups is 3. The van der Waals surface area contributed by atoms with Gasteiger partial charge in [-0.15, -0.1) is 0 Å². The summed E-state index contributed by atoms with van der Waals surface area (Å²) in [6.07, 6.45) is 3.16. The molecule has 0 bridgehead atoms. The first-order valence-corrected chi connectivity index (χ1v) is 10.2. The summed E-state index contributed by atoms with van der Waals surface area (Å²) in [6, 6.07) is 19.0. The third-order valence-corrected chi connectivity index (χ3v) is 5.17. The van der Waals surface area contributed by atoms with Crippen LogP contribution in [0, 0.1) is 0 Å². The summed E-state index contributed by atoms with van der Waals surface area (Å²) >= 11 is 0. The van der Waals surface area contributed by atoms with E-state index in [0.29, 0.717) is 25.1 Å². The molecule has 31 heavy (non-hydrogen) atoms. The quantitative estimate of drug-likeness (QED) is 0.616. The molecule has 4 rings (SSSR count). The maximum absolute atomic E-state index is 13.0. The lowest BCUT2D eigenvalue weighted by Gasteiger charge is -2.19. The van der Waals surface area contributed by atoms with Crippen molar-refractivity contribution in [3.8, 4) is 0 Å². The third-order valence-electron chi connectivity index (χ3n) is 5.17. The van der Waals surface area contributed by atoms with Gasteiger partial charge in [0.25, 0.3) is 5.91 Å².